The summed E-state index contributed by atoms with van der Waals surface area (Å²) >= 11 is 0. The van der Waals surface area contributed by atoms with Crippen molar-refractivity contribution in [3.05, 3.63) is 66.9 Å². The van der Waals surface area contributed by atoms with Crippen LogP contribution in [0.25, 0.3) is 0 Å². The lowest BCUT2D eigenvalue weighted by molar-refractivity contribution is -0.120. The minimum Gasteiger partial charge on any atom is -0.355 e. The Labute approximate surface area is 158 Å². The van der Waals surface area contributed by atoms with E-state index in [4.69, 9.17) is 0 Å². The van der Waals surface area contributed by atoms with Gasteiger partial charge in [0.15, 0.2) is 0 Å². The van der Waals surface area contributed by atoms with Crippen molar-refractivity contribution in [3.63, 3.8) is 0 Å². The second-order valence-electron chi connectivity index (χ2n) is 6.73. The van der Waals surface area contributed by atoms with Gasteiger partial charge in [-0.3, -0.25) is 14.5 Å². The van der Waals surface area contributed by atoms with Crippen LogP contribution in [0.3, 0.4) is 0 Å². The molecule has 1 aromatic carbocycles. The quantitative estimate of drug-likeness (QED) is 0.755. The molecule has 4 rings (SSSR count). The Morgan fingerprint density at radius 2 is 1.93 bits per heavy atom. The fraction of sp³-hybridized carbons (Fsp3) is 0.300. The summed E-state index contributed by atoms with van der Waals surface area (Å²) in [5.41, 5.74) is 1.92. The second kappa shape index (κ2) is 7.99. The van der Waals surface area contributed by atoms with Gasteiger partial charge in [-0.15, -0.1) is 0 Å². The van der Waals surface area contributed by atoms with Crippen molar-refractivity contribution in [3.8, 4) is 0 Å². The standard InChI is InChI=1S/C20H22N6O/c27-20(17-6-10-25(11-7-17)19-13-21-8-9-22-19)24-18-12-23-26(15-18)14-16-4-2-1-3-5-16/h1-5,8-9,12-13,15,17H,6-7,10-11,14H2,(H,24,27). The number of carbonyl (C=O) groups excluding carboxylic acids is 1. The number of nitrogens with zero attached hydrogens (tertiary/aromatic N) is 5. The van der Waals surface area contributed by atoms with E-state index in [0.717, 1.165) is 37.4 Å². The van der Waals surface area contributed by atoms with Crippen molar-refractivity contribution >= 4 is 17.4 Å². The molecule has 3 heterocycles. The van der Waals surface area contributed by atoms with Gasteiger partial charge in [-0.2, -0.15) is 5.10 Å². The first-order valence-corrected chi connectivity index (χ1v) is 9.16. The number of piperidine rings is 1. The Kier molecular flexibility index (Phi) is 5.09. The van der Waals surface area contributed by atoms with Gasteiger partial charge in [0.2, 0.25) is 5.91 Å². The van der Waals surface area contributed by atoms with Gasteiger partial charge in [0.25, 0.3) is 0 Å². The maximum Gasteiger partial charge on any atom is 0.227 e. The van der Waals surface area contributed by atoms with E-state index >= 15 is 0 Å². The molecule has 1 amide bonds. The second-order valence-corrected chi connectivity index (χ2v) is 6.73. The predicted molar refractivity (Wildman–Crippen MR) is 103 cm³/mol. The number of benzene rings is 1. The lowest BCUT2D eigenvalue weighted by Crippen LogP contribution is -2.38. The van der Waals surface area contributed by atoms with Crippen LogP contribution < -0.4 is 10.2 Å². The smallest absolute Gasteiger partial charge is 0.227 e. The van der Waals surface area contributed by atoms with E-state index in [9.17, 15) is 4.79 Å². The van der Waals surface area contributed by atoms with E-state index in [2.05, 4.69) is 37.4 Å². The molecule has 1 saturated heterocycles. The highest BCUT2D eigenvalue weighted by atomic mass is 16.1. The Morgan fingerprint density at radius 3 is 2.67 bits per heavy atom. The van der Waals surface area contributed by atoms with Crippen molar-refractivity contribution in [1.82, 2.24) is 19.7 Å². The molecule has 7 nitrogen and oxygen atoms in total. The molecule has 7 heteroatoms. The van der Waals surface area contributed by atoms with Crippen molar-refractivity contribution in [2.75, 3.05) is 23.3 Å². The van der Waals surface area contributed by atoms with E-state index in [1.807, 2.05) is 29.1 Å². The summed E-state index contributed by atoms with van der Waals surface area (Å²) in [7, 11) is 0. The summed E-state index contributed by atoms with van der Waals surface area (Å²) in [5, 5.41) is 7.34. The fourth-order valence-corrected chi connectivity index (χ4v) is 3.35. The molecule has 0 atom stereocenters. The number of anilines is 2. The summed E-state index contributed by atoms with van der Waals surface area (Å²) in [6, 6.07) is 10.1. The SMILES string of the molecule is O=C(Nc1cnn(Cc2ccccc2)c1)C1CCN(c2cnccn2)CC1. The van der Waals surface area contributed by atoms with Crippen LogP contribution in [0.2, 0.25) is 0 Å². The monoisotopic (exact) mass is 362 g/mol. The van der Waals surface area contributed by atoms with Gasteiger partial charge in [-0.05, 0) is 18.4 Å². The number of carbonyl (C=O) groups is 1. The molecule has 138 valence electrons. The average Bonchev–Trinajstić information content (AvgIpc) is 3.16. The molecule has 0 radical (unpaired) electrons. The lowest BCUT2D eigenvalue weighted by atomic mass is 9.96. The highest BCUT2D eigenvalue weighted by Crippen LogP contribution is 2.22. The largest absolute Gasteiger partial charge is 0.355 e. The zero-order valence-corrected chi connectivity index (χ0v) is 15.0. The normalized spacial score (nSPS) is 14.9. The summed E-state index contributed by atoms with van der Waals surface area (Å²) in [6.45, 7) is 2.31. The van der Waals surface area contributed by atoms with E-state index in [0.29, 0.717) is 6.54 Å². The van der Waals surface area contributed by atoms with E-state index in [-0.39, 0.29) is 11.8 Å². The molecule has 0 saturated carbocycles. The van der Waals surface area contributed by atoms with Gasteiger partial charge in [0, 0.05) is 37.6 Å². The number of nitrogens with one attached hydrogen (secondary N) is 1. The van der Waals surface area contributed by atoms with Crippen LogP contribution in [0.5, 0.6) is 0 Å². The van der Waals surface area contributed by atoms with Crippen LogP contribution in [0.4, 0.5) is 11.5 Å². The van der Waals surface area contributed by atoms with Gasteiger partial charge in [-0.1, -0.05) is 30.3 Å². The molecule has 0 aliphatic carbocycles. The van der Waals surface area contributed by atoms with Crippen LogP contribution in [0, 0.1) is 5.92 Å². The van der Waals surface area contributed by atoms with E-state index in [1.54, 1.807) is 24.8 Å². The first-order chi connectivity index (χ1) is 13.3. The highest BCUT2D eigenvalue weighted by molar-refractivity contribution is 5.92. The third-order valence-corrected chi connectivity index (χ3v) is 4.83. The average molecular weight is 362 g/mol. The van der Waals surface area contributed by atoms with Crippen molar-refractivity contribution < 1.29 is 4.79 Å². The van der Waals surface area contributed by atoms with Crippen LogP contribution in [-0.4, -0.2) is 38.7 Å². The molecular weight excluding hydrogens is 340 g/mol. The maximum atomic E-state index is 12.6. The first kappa shape index (κ1) is 17.2. The maximum absolute atomic E-state index is 12.6. The Balaban J connectivity index is 1.30. The van der Waals surface area contributed by atoms with E-state index < -0.39 is 0 Å². The molecule has 3 aromatic rings. The van der Waals surface area contributed by atoms with Crippen molar-refractivity contribution in [2.24, 2.45) is 5.92 Å². The topological polar surface area (TPSA) is 75.9 Å². The zero-order chi connectivity index (χ0) is 18.5. The molecule has 1 N–H and O–H groups in total. The summed E-state index contributed by atoms with van der Waals surface area (Å²) < 4.78 is 1.83. The summed E-state index contributed by atoms with van der Waals surface area (Å²) in [6.07, 6.45) is 10.3. The Bertz CT molecular complexity index is 872. The molecule has 2 aromatic heterocycles. The molecule has 1 aliphatic heterocycles. The molecule has 27 heavy (non-hydrogen) atoms. The van der Waals surface area contributed by atoms with Gasteiger partial charge in [-0.25, -0.2) is 4.98 Å². The molecular formula is C20H22N6O. The number of rotatable bonds is 5. The molecule has 0 bridgehead atoms. The molecule has 1 fully saturated rings. The van der Waals surface area contributed by atoms with Crippen LogP contribution in [0.15, 0.2) is 61.3 Å². The first-order valence-electron chi connectivity index (χ1n) is 9.16. The van der Waals surface area contributed by atoms with Crippen LogP contribution in [-0.2, 0) is 11.3 Å². The summed E-state index contributed by atoms with van der Waals surface area (Å²) in [4.78, 5) is 23.2. The van der Waals surface area contributed by atoms with E-state index in [1.165, 1.54) is 5.56 Å². The van der Waals surface area contributed by atoms with Gasteiger partial charge in [0.1, 0.15) is 5.82 Å². The number of amides is 1. The van der Waals surface area contributed by atoms with Crippen LogP contribution >= 0.6 is 0 Å². The van der Waals surface area contributed by atoms with Crippen molar-refractivity contribution in [1.29, 1.82) is 0 Å². The molecule has 0 unspecified atom stereocenters. The molecule has 0 spiro atoms. The van der Waals surface area contributed by atoms with Gasteiger partial charge in [0.05, 0.1) is 24.6 Å². The third-order valence-electron chi connectivity index (χ3n) is 4.83. The highest BCUT2D eigenvalue weighted by Gasteiger charge is 2.26. The minimum atomic E-state index is 0.00962. The number of aromatic nitrogens is 4. The van der Waals surface area contributed by atoms with Gasteiger partial charge < -0.3 is 10.2 Å². The Morgan fingerprint density at radius 1 is 1.11 bits per heavy atom. The predicted octanol–water partition coefficient (Wildman–Crippen LogP) is 2.58. The molecule has 1 aliphatic rings. The fourth-order valence-electron chi connectivity index (χ4n) is 3.35. The number of hydrogen-bond donors (Lipinski definition) is 1. The zero-order valence-electron chi connectivity index (χ0n) is 15.0. The third kappa shape index (κ3) is 4.31. The van der Waals surface area contributed by atoms with Crippen molar-refractivity contribution in [2.45, 2.75) is 19.4 Å². The Hall–Kier alpha value is -3.22. The minimum absolute atomic E-state index is 0.00962. The van der Waals surface area contributed by atoms with Gasteiger partial charge >= 0.3 is 0 Å². The summed E-state index contributed by atoms with van der Waals surface area (Å²) in [5.74, 6) is 0.946. The lowest BCUT2D eigenvalue weighted by Gasteiger charge is -2.31. The number of hydrogen-bond acceptors (Lipinski definition) is 5. The van der Waals surface area contributed by atoms with Crippen LogP contribution in [0.1, 0.15) is 18.4 Å².